The Kier molecular flexibility index (Phi) is 5.26. The molecule has 0 fully saturated rings. The molecule has 27 heavy (non-hydrogen) atoms. The fraction of sp³-hybridized carbons (Fsp3) is 0.143. The molecule has 6 nitrogen and oxygen atoms in total. The number of aromatic nitrogens is 1. The maximum atomic E-state index is 12.5. The lowest BCUT2D eigenvalue weighted by atomic mass is 10.1. The average molecular weight is 364 g/mol. The van der Waals surface area contributed by atoms with Crippen LogP contribution in [0, 0.1) is 6.92 Å². The van der Waals surface area contributed by atoms with Crippen molar-refractivity contribution >= 4 is 11.6 Å². The molecule has 0 aliphatic rings. The molecule has 1 aromatic heterocycles. The van der Waals surface area contributed by atoms with E-state index in [1.165, 1.54) is 13.2 Å². The van der Waals surface area contributed by atoms with Crippen molar-refractivity contribution < 1.29 is 14.3 Å². The van der Waals surface area contributed by atoms with Crippen LogP contribution in [0.3, 0.4) is 0 Å². The van der Waals surface area contributed by atoms with Crippen LogP contribution in [0.4, 0.5) is 5.69 Å². The Morgan fingerprint density at radius 2 is 1.81 bits per heavy atom. The zero-order valence-corrected chi connectivity index (χ0v) is 15.3. The van der Waals surface area contributed by atoms with Crippen molar-refractivity contribution in [3.8, 4) is 22.8 Å². The third-order valence-electron chi connectivity index (χ3n) is 4.14. The second kappa shape index (κ2) is 7.78. The Morgan fingerprint density at radius 3 is 2.48 bits per heavy atom. The highest BCUT2D eigenvalue weighted by Crippen LogP contribution is 2.29. The minimum Gasteiger partial charge on any atom is -0.497 e. The van der Waals surface area contributed by atoms with Crippen LogP contribution in [-0.4, -0.2) is 25.1 Å². The zero-order valence-electron chi connectivity index (χ0n) is 15.3. The number of hydrogen-bond donors (Lipinski definition) is 2. The van der Waals surface area contributed by atoms with Crippen LogP contribution in [0.5, 0.6) is 11.5 Å². The van der Waals surface area contributed by atoms with Crippen LogP contribution in [0.25, 0.3) is 11.3 Å². The molecule has 1 heterocycles. The molecule has 138 valence electrons. The highest BCUT2D eigenvalue weighted by molar-refractivity contribution is 6.05. The average Bonchev–Trinajstić information content (AvgIpc) is 2.68. The van der Waals surface area contributed by atoms with Gasteiger partial charge in [0, 0.05) is 11.8 Å². The highest BCUT2D eigenvalue weighted by atomic mass is 16.5. The molecule has 2 aromatic carbocycles. The van der Waals surface area contributed by atoms with Gasteiger partial charge in [0.1, 0.15) is 17.1 Å². The van der Waals surface area contributed by atoms with Gasteiger partial charge in [0.15, 0.2) is 0 Å². The van der Waals surface area contributed by atoms with E-state index < -0.39 is 11.5 Å². The van der Waals surface area contributed by atoms with Gasteiger partial charge < -0.3 is 19.8 Å². The number of hydrogen-bond acceptors (Lipinski definition) is 4. The van der Waals surface area contributed by atoms with Gasteiger partial charge in [-0.2, -0.15) is 0 Å². The summed E-state index contributed by atoms with van der Waals surface area (Å²) in [6, 6.07) is 16.0. The molecule has 1 amide bonds. The monoisotopic (exact) mass is 364 g/mol. The molecule has 3 aromatic rings. The van der Waals surface area contributed by atoms with Crippen molar-refractivity contribution in [1.29, 1.82) is 0 Å². The van der Waals surface area contributed by atoms with Crippen LogP contribution < -0.4 is 20.3 Å². The normalized spacial score (nSPS) is 10.3. The Hall–Kier alpha value is -3.54. The first kappa shape index (κ1) is 18.3. The number of aromatic amines is 1. The molecule has 0 spiro atoms. The fourth-order valence-electron chi connectivity index (χ4n) is 2.72. The Morgan fingerprint density at radius 1 is 1.00 bits per heavy atom. The molecule has 3 rings (SSSR count). The van der Waals surface area contributed by atoms with E-state index in [1.54, 1.807) is 31.4 Å². The maximum absolute atomic E-state index is 12.5. The second-order valence-electron chi connectivity index (χ2n) is 6.00. The van der Waals surface area contributed by atoms with Gasteiger partial charge in [-0.05, 0) is 42.8 Å². The summed E-state index contributed by atoms with van der Waals surface area (Å²) in [7, 11) is 3.04. The van der Waals surface area contributed by atoms with Gasteiger partial charge in [-0.3, -0.25) is 9.59 Å². The number of pyridine rings is 1. The number of benzene rings is 2. The van der Waals surface area contributed by atoms with Crippen molar-refractivity contribution in [2.24, 2.45) is 0 Å². The summed E-state index contributed by atoms with van der Waals surface area (Å²) in [5.74, 6) is 0.524. The van der Waals surface area contributed by atoms with Gasteiger partial charge in [0.25, 0.3) is 11.5 Å². The first-order chi connectivity index (χ1) is 13.0. The van der Waals surface area contributed by atoms with Crippen molar-refractivity contribution in [3.63, 3.8) is 0 Å². The Labute approximate surface area is 156 Å². The summed E-state index contributed by atoms with van der Waals surface area (Å²) in [4.78, 5) is 27.7. The summed E-state index contributed by atoms with van der Waals surface area (Å²) in [6.45, 7) is 1.98. The minimum atomic E-state index is -0.518. The van der Waals surface area contributed by atoms with E-state index in [4.69, 9.17) is 9.47 Å². The van der Waals surface area contributed by atoms with Gasteiger partial charge in [-0.25, -0.2) is 0 Å². The number of H-pyrrole nitrogens is 1. The van der Waals surface area contributed by atoms with Crippen molar-refractivity contribution in [1.82, 2.24) is 4.98 Å². The molecule has 0 unspecified atom stereocenters. The topological polar surface area (TPSA) is 80.4 Å². The van der Waals surface area contributed by atoms with Crippen LogP contribution in [0.15, 0.2) is 59.4 Å². The largest absolute Gasteiger partial charge is 0.497 e. The van der Waals surface area contributed by atoms with Gasteiger partial charge >= 0.3 is 0 Å². The van der Waals surface area contributed by atoms with Crippen LogP contribution in [0.1, 0.15) is 15.9 Å². The number of rotatable bonds is 5. The van der Waals surface area contributed by atoms with E-state index in [2.05, 4.69) is 10.3 Å². The zero-order chi connectivity index (χ0) is 19.4. The number of amides is 1. The number of carbonyl (C=O) groups is 1. The van der Waals surface area contributed by atoms with E-state index in [0.29, 0.717) is 22.9 Å². The number of aryl methyl sites for hydroxylation is 1. The van der Waals surface area contributed by atoms with Gasteiger partial charge in [0.05, 0.1) is 19.9 Å². The third kappa shape index (κ3) is 4.00. The molecule has 0 aliphatic carbocycles. The number of ether oxygens (including phenoxy) is 2. The van der Waals surface area contributed by atoms with Gasteiger partial charge in [-0.15, -0.1) is 0 Å². The minimum absolute atomic E-state index is 0.0178. The van der Waals surface area contributed by atoms with E-state index in [1.807, 2.05) is 31.2 Å². The molecule has 0 bridgehead atoms. The van der Waals surface area contributed by atoms with Gasteiger partial charge in [0.2, 0.25) is 0 Å². The molecule has 0 atom stereocenters. The molecule has 0 aliphatic heterocycles. The predicted octanol–water partition coefficient (Wildman–Crippen LogP) is 3.62. The van der Waals surface area contributed by atoms with Gasteiger partial charge in [-0.1, -0.05) is 23.8 Å². The number of nitrogens with one attached hydrogen (secondary N) is 2. The summed E-state index contributed by atoms with van der Waals surface area (Å²) in [6.07, 6.45) is 0. The van der Waals surface area contributed by atoms with E-state index in [9.17, 15) is 9.59 Å². The summed E-state index contributed by atoms with van der Waals surface area (Å²) in [5, 5.41) is 2.70. The quantitative estimate of drug-likeness (QED) is 0.725. The smallest absolute Gasteiger partial charge is 0.261 e. The van der Waals surface area contributed by atoms with Crippen molar-refractivity contribution in [2.75, 3.05) is 19.5 Å². The van der Waals surface area contributed by atoms with Crippen LogP contribution in [0.2, 0.25) is 0 Å². The summed E-state index contributed by atoms with van der Waals surface area (Å²) >= 11 is 0. The van der Waals surface area contributed by atoms with Crippen molar-refractivity contribution in [3.05, 3.63) is 76.1 Å². The summed E-state index contributed by atoms with van der Waals surface area (Å²) < 4.78 is 10.4. The second-order valence-corrected chi connectivity index (χ2v) is 6.00. The fourth-order valence-corrected chi connectivity index (χ4v) is 2.72. The third-order valence-corrected chi connectivity index (χ3v) is 4.14. The molecule has 0 radical (unpaired) electrons. The number of carbonyl (C=O) groups excluding carboxylic acids is 1. The highest BCUT2D eigenvalue weighted by Gasteiger charge is 2.14. The van der Waals surface area contributed by atoms with E-state index in [-0.39, 0.29) is 5.56 Å². The molecular weight excluding hydrogens is 344 g/mol. The maximum Gasteiger partial charge on any atom is 0.261 e. The lowest BCUT2D eigenvalue weighted by Crippen LogP contribution is -2.23. The summed E-state index contributed by atoms with van der Waals surface area (Å²) in [5.41, 5.74) is 2.63. The molecule has 0 saturated heterocycles. The van der Waals surface area contributed by atoms with E-state index in [0.717, 1.165) is 11.1 Å². The van der Waals surface area contributed by atoms with Crippen molar-refractivity contribution in [2.45, 2.75) is 6.92 Å². The molecule has 0 saturated carbocycles. The lowest BCUT2D eigenvalue weighted by Gasteiger charge is -2.11. The first-order valence-electron chi connectivity index (χ1n) is 8.35. The first-order valence-corrected chi connectivity index (χ1v) is 8.35. The SMILES string of the molecule is COc1ccc(NC(=O)c2ccc(-c3cccc(C)c3)[nH]c2=O)c(OC)c1. The standard InChI is InChI=1S/C21H20N2O4/c1-13-5-4-6-14(11-13)17-10-8-16(20(24)22-17)21(25)23-18-9-7-15(26-2)12-19(18)27-3/h4-12H,1-3H3,(H,22,24)(H,23,25). The Bertz CT molecular complexity index is 1040. The molecule has 2 N–H and O–H groups in total. The van der Waals surface area contributed by atoms with Crippen LogP contribution >= 0.6 is 0 Å². The number of methoxy groups -OCH3 is 2. The van der Waals surface area contributed by atoms with E-state index >= 15 is 0 Å². The lowest BCUT2D eigenvalue weighted by molar-refractivity contribution is 0.102. The van der Waals surface area contributed by atoms with Crippen LogP contribution in [-0.2, 0) is 0 Å². The predicted molar refractivity (Wildman–Crippen MR) is 105 cm³/mol. The number of anilines is 1. The molecule has 6 heteroatoms. The Balaban J connectivity index is 1.87. The molecular formula is C21H20N2O4.